The molecule has 3 N–H and O–H groups in total. The van der Waals surface area contributed by atoms with Gasteiger partial charge in [0.1, 0.15) is 6.61 Å². The number of para-hydroxylation sites is 1. The molecular formula is C16H24Cl2N2O3. The zero-order chi connectivity index (χ0) is 15.9. The summed E-state index contributed by atoms with van der Waals surface area (Å²) in [5.74, 6) is 0.415. The minimum atomic E-state index is -0.0467. The van der Waals surface area contributed by atoms with Crippen LogP contribution < -0.4 is 15.8 Å². The van der Waals surface area contributed by atoms with Gasteiger partial charge in [-0.15, -0.1) is 12.4 Å². The summed E-state index contributed by atoms with van der Waals surface area (Å²) in [7, 11) is 1.60. The first kappa shape index (κ1) is 20.0. The molecule has 1 fully saturated rings. The monoisotopic (exact) mass is 362 g/mol. The van der Waals surface area contributed by atoms with E-state index in [0.717, 1.165) is 25.7 Å². The third-order valence-electron chi connectivity index (χ3n) is 3.84. The molecule has 23 heavy (non-hydrogen) atoms. The molecule has 0 bridgehead atoms. The van der Waals surface area contributed by atoms with Gasteiger partial charge in [-0.2, -0.15) is 0 Å². The van der Waals surface area contributed by atoms with Crippen LogP contribution in [-0.4, -0.2) is 32.3 Å². The zero-order valence-electron chi connectivity index (χ0n) is 13.2. The highest BCUT2D eigenvalue weighted by molar-refractivity contribution is 6.32. The first-order valence-corrected chi connectivity index (χ1v) is 7.96. The number of carbonyl (C=O) groups excluding carboxylic acids is 1. The van der Waals surface area contributed by atoms with Crippen LogP contribution in [0, 0.1) is 5.92 Å². The minimum absolute atomic E-state index is 0. The van der Waals surface area contributed by atoms with Gasteiger partial charge in [0, 0.05) is 19.1 Å². The Hall–Kier alpha value is -1.01. The van der Waals surface area contributed by atoms with Crippen LogP contribution in [0.5, 0.6) is 5.75 Å². The molecule has 0 saturated heterocycles. The number of halogens is 2. The molecule has 0 aliphatic heterocycles. The van der Waals surface area contributed by atoms with Crippen molar-refractivity contribution >= 4 is 35.6 Å². The zero-order valence-corrected chi connectivity index (χ0v) is 14.8. The Bertz CT molecular complexity index is 514. The van der Waals surface area contributed by atoms with Crippen molar-refractivity contribution < 1.29 is 14.3 Å². The van der Waals surface area contributed by atoms with E-state index in [0.29, 0.717) is 29.7 Å². The summed E-state index contributed by atoms with van der Waals surface area (Å²) in [6.07, 6.45) is 3.59. The standard InChI is InChI=1S/C16H23ClN2O3.ClH/c1-21-8-9-22-15-13(17)6-3-7-14(15)19-16(20)11-4-2-5-12(18)10-11;/h3,6-7,11-12H,2,4-5,8-10,18H2,1H3,(H,19,20);1H. The third kappa shape index (κ3) is 5.84. The van der Waals surface area contributed by atoms with Gasteiger partial charge in [-0.05, 0) is 31.4 Å². The second-order valence-corrected chi connectivity index (χ2v) is 5.98. The van der Waals surface area contributed by atoms with Crippen LogP contribution in [-0.2, 0) is 9.53 Å². The number of anilines is 1. The average molecular weight is 363 g/mol. The fourth-order valence-corrected chi connectivity index (χ4v) is 2.91. The Morgan fingerprint density at radius 1 is 1.39 bits per heavy atom. The van der Waals surface area contributed by atoms with E-state index in [1.807, 2.05) is 0 Å². The van der Waals surface area contributed by atoms with E-state index >= 15 is 0 Å². The summed E-state index contributed by atoms with van der Waals surface area (Å²) in [6, 6.07) is 5.42. The molecular weight excluding hydrogens is 339 g/mol. The van der Waals surface area contributed by atoms with Crippen molar-refractivity contribution in [1.29, 1.82) is 0 Å². The fraction of sp³-hybridized carbons (Fsp3) is 0.562. The maximum absolute atomic E-state index is 12.4. The van der Waals surface area contributed by atoms with Crippen LogP contribution in [0.15, 0.2) is 18.2 Å². The lowest BCUT2D eigenvalue weighted by Crippen LogP contribution is -2.34. The molecule has 1 aliphatic carbocycles. The molecule has 1 aliphatic rings. The van der Waals surface area contributed by atoms with Gasteiger partial charge in [0.25, 0.3) is 0 Å². The Morgan fingerprint density at radius 2 is 2.17 bits per heavy atom. The van der Waals surface area contributed by atoms with Gasteiger partial charge in [0.2, 0.25) is 5.91 Å². The molecule has 1 aromatic carbocycles. The summed E-state index contributed by atoms with van der Waals surface area (Å²) in [4.78, 5) is 12.4. The number of methoxy groups -OCH3 is 1. The number of carbonyl (C=O) groups is 1. The Labute approximate surface area is 148 Å². The quantitative estimate of drug-likeness (QED) is 0.761. The van der Waals surface area contributed by atoms with Crippen molar-refractivity contribution in [3.8, 4) is 5.75 Å². The van der Waals surface area contributed by atoms with Crippen molar-refractivity contribution in [3.63, 3.8) is 0 Å². The molecule has 0 heterocycles. The second-order valence-electron chi connectivity index (χ2n) is 5.57. The molecule has 130 valence electrons. The van der Waals surface area contributed by atoms with Crippen LogP contribution in [0.2, 0.25) is 5.02 Å². The van der Waals surface area contributed by atoms with Gasteiger partial charge in [0.05, 0.1) is 17.3 Å². The third-order valence-corrected chi connectivity index (χ3v) is 4.14. The predicted molar refractivity (Wildman–Crippen MR) is 94.6 cm³/mol. The number of nitrogens with two attached hydrogens (primary N) is 1. The first-order chi connectivity index (χ1) is 10.6. The van der Waals surface area contributed by atoms with Crippen LogP contribution in [0.4, 0.5) is 5.69 Å². The van der Waals surface area contributed by atoms with E-state index in [1.54, 1.807) is 25.3 Å². The molecule has 1 saturated carbocycles. The first-order valence-electron chi connectivity index (χ1n) is 7.58. The average Bonchev–Trinajstić information content (AvgIpc) is 2.50. The van der Waals surface area contributed by atoms with E-state index in [9.17, 15) is 4.79 Å². The molecule has 1 amide bonds. The maximum Gasteiger partial charge on any atom is 0.227 e. The number of rotatable bonds is 6. The van der Waals surface area contributed by atoms with Gasteiger partial charge >= 0.3 is 0 Å². The van der Waals surface area contributed by atoms with Crippen LogP contribution in [0.1, 0.15) is 25.7 Å². The molecule has 7 heteroatoms. The highest BCUT2D eigenvalue weighted by Crippen LogP contribution is 2.34. The molecule has 5 nitrogen and oxygen atoms in total. The van der Waals surface area contributed by atoms with Crippen molar-refractivity contribution in [1.82, 2.24) is 0 Å². The smallest absolute Gasteiger partial charge is 0.227 e. The molecule has 2 atom stereocenters. The molecule has 1 aromatic rings. The van der Waals surface area contributed by atoms with Gasteiger partial charge in [0.15, 0.2) is 5.75 Å². The summed E-state index contributed by atoms with van der Waals surface area (Å²) < 4.78 is 10.6. The topological polar surface area (TPSA) is 73.6 Å². The maximum atomic E-state index is 12.4. The Balaban J connectivity index is 0.00000264. The van der Waals surface area contributed by atoms with Crippen molar-refractivity contribution in [2.45, 2.75) is 31.7 Å². The van der Waals surface area contributed by atoms with Crippen molar-refractivity contribution in [2.75, 3.05) is 25.6 Å². The van der Waals surface area contributed by atoms with E-state index in [1.165, 1.54) is 0 Å². The summed E-state index contributed by atoms with van der Waals surface area (Å²) >= 11 is 6.16. The fourth-order valence-electron chi connectivity index (χ4n) is 2.68. The molecule has 0 aromatic heterocycles. The highest BCUT2D eigenvalue weighted by Gasteiger charge is 2.26. The van der Waals surface area contributed by atoms with E-state index in [4.69, 9.17) is 26.8 Å². The molecule has 2 unspecified atom stereocenters. The predicted octanol–water partition coefficient (Wildman–Crippen LogP) is 3.24. The lowest BCUT2D eigenvalue weighted by molar-refractivity contribution is -0.120. The molecule has 0 radical (unpaired) electrons. The Morgan fingerprint density at radius 3 is 2.87 bits per heavy atom. The lowest BCUT2D eigenvalue weighted by Gasteiger charge is -2.26. The largest absolute Gasteiger partial charge is 0.487 e. The minimum Gasteiger partial charge on any atom is -0.487 e. The molecule has 0 spiro atoms. The van der Waals surface area contributed by atoms with Gasteiger partial charge in [-0.1, -0.05) is 24.1 Å². The Kier molecular flexibility index (Phi) is 8.69. The number of hydrogen-bond acceptors (Lipinski definition) is 4. The van der Waals surface area contributed by atoms with Crippen molar-refractivity contribution in [2.24, 2.45) is 11.7 Å². The number of benzene rings is 1. The summed E-state index contributed by atoms with van der Waals surface area (Å²) in [5.41, 5.74) is 6.54. The van der Waals surface area contributed by atoms with E-state index in [2.05, 4.69) is 5.32 Å². The summed E-state index contributed by atoms with van der Waals surface area (Å²) in [6.45, 7) is 0.827. The van der Waals surface area contributed by atoms with Crippen LogP contribution >= 0.6 is 24.0 Å². The van der Waals surface area contributed by atoms with Crippen LogP contribution in [0.25, 0.3) is 0 Å². The number of nitrogens with one attached hydrogen (secondary N) is 1. The molecule has 2 rings (SSSR count). The summed E-state index contributed by atoms with van der Waals surface area (Å²) in [5, 5.41) is 3.39. The SMILES string of the molecule is COCCOc1c(Cl)cccc1NC(=O)C1CCCC(N)C1.Cl. The normalized spacial score (nSPS) is 20.5. The number of hydrogen-bond donors (Lipinski definition) is 2. The number of amides is 1. The van der Waals surface area contributed by atoms with Gasteiger partial charge in [-0.25, -0.2) is 0 Å². The van der Waals surface area contributed by atoms with Crippen molar-refractivity contribution in [3.05, 3.63) is 23.2 Å². The van der Waals surface area contributed by atoms with Crippen LogP contribution in [0.3, 0.4) is 0 Å². The highest BCUT2D eigenvalue weighted by atomic mass is 35.5. The second kappa shape index (κ2) is 9.98. The van der Waals surface area contributed by atoms with Gasteiger partial charge in [-0.3, -0.25) is 4.79 Å². The lowest BCUT2D eigenvalue weighted by atomic mass is 9.85. The number of ether oxygens (including phenoxy) is 2. The van der Waals surface area contributed by atoms with Gasteiger partial charge < -0.3 is 20.5 Å². The van der Waals surface area contributed by atoms with E-state index < -0.39 is 0 Å². The van der Waals surface area contributed by atoms with E-state index in [-0.39, 0.29) is 30.3 Å².